The first-order valence-electron chi connectivity index (χ1n) is 13.9. The molecule has 1 saturated heterocycles. The number of aryl methyl sites for hydroxylation is 2. The first kappa shape index (κ1) is 28.5. The molecule has 2 aliphatic rings. The van der Waals surface area contributed by atoms with Crippen molar-refractivity contribution in [1.29, 1.82) is 0 Å². The number of carbonyl (C=O) groups excluding carboxylic acids is 1. The Hall–Kier alpha value is -2.98. The maximum absolute atomic E-state index is 13.5. The number of hydrogen-bond donors (Lipinski definition) is 0. The number of amides is 1. The fraction of sp³-hybridized carbons (Fsp3) is 0.484. The Balaban J connectivity index is 1.24. The molecule has 1 amide bonds. The lowest BCUT2D eigenvalue weighted by Gasteiger charge is -2.40. The van der Waals surface area contributed by atoms with Crippen molar-refractivity contribution >= 4 is 17.2 Å². The number of pyridine rings is 1. The van der Waals surface area contributed by atoms with Crippen molar-refractivity contribution in [3.8, 4) is 11.5 Å². The standard InChI is InChI=1S/C31H39N3O5S/c1-21-17-25(36-3)18-22(2)30(21)39-31(37-4)33-14-6-5-7-24(33)19-38-20-28(35)34-15-10-27-26(11-16-40-27)29(34)23-8-12-32-13-9-23/h8-9,11-13,16-18,24,29,31H,5-7,10,14-15,19-20H2,1-4H3. The van der Waals surface area contributed by atoms with E-state index in [1.807, 2.05) is 43.0 Å². The quantitative estimate of drug-likeness (QED) is 0.316. The number of aromatic nitrogens is 1. The summed E-state index contributed by atoms with van der Waals surface area (Å²) in [6, 6.07) is 10.1. The van der Waals surface area contributed by atoms with Gasteiger partial charge in [-0.2, -0.15) is 0 Å². The van der Waals surface area contributed by atoms with Gasteiger partial charge in [0.05, 0.1) is 19.8 Å². The molecule has 8 nitrogen and oxygen atoms in total. The van der Waals surface area contributed by atoms with Crippen LogP contribution < -0.4 is 9.47 Å². The van der Waals surface area contributed by atoms with Crippen LogP contribution >= 0.6 is 11.3 Å². The van der Waals surface area contributed by atoms with E-state index >= 15 is 0 Å². The van der Waals surface area contributed by atoms with E-state index in [9.17, 15) is 4.79 Å². The number of piperidine rings is 1. The zero-order valence-corrected chi connectivity index (χ0v) is 24.6. The number of carbonyl (C=O) groups is 1. The zero-order valence-electron chi connectivity index (χ0n) is 23.8. The lowest BCUT2D eigenvalue weighted by Crippen LogP contribution is -2.52. The van der Waals surface area contributed by atoms with Crippen LogP contribution in [0.5, 0.6) is 11.5 Å². The highest BCUT2D eigenvalue weighted by atomic mass is 32.1. The third-order valence-electron chi connectivity index (χ3n) is 7.88. The van der Waals surface area contributed by atoms with E-state index in [0.29, 0.717) is 13.2 Å². The monoisotopic (exact) mass is 565 g/mol. The fourth-order valence-electron chi connectivity index (χ4n) is 5.90. The van der Waals surface area contributed by atoms with Gasteiger partial charge in [-0.1, -0.05) is 6.42 Å². The Labute approximate surface area is 240 Å². The van der Waals surface area contributed by atoms with Crippen molar-refractivity contribution < 1.29 is 23.7 Å². The van der Waals surface area contributed by atoms with Crippen molar-refractivity contribution in [2.75, 3.05) is 40.5 Å². The van der Waals surface area contributed by atoms with Gasteiger partial charge in [-0.3, -0.25) is 9.78 Å². The van der Waals surface area contributed by atoms with Crippen LogP contribution in [0.25, 0.3) is 0 Å². The summed E-state index contributed by atoms with van der Waals surface area (Å²) in [5, 5.41) is 2.12. The van der Waals surface area contributed by atoms with Crippen LogP contribution in [-0.2, 0) is 20.7 Å². The molecule has 0 spiro atoms. The molecular formula is C31H39N3O5S. The third kappa shape index (κ3) is 6.17. The summed E-state index contributed by atoms with van der Waals surface area (Å²) < 4.78 is 23.8. The molecule has 214 valence electrons. The fourth-order valence-corrected chi connectivity index (χ4v) is 6.80. The Morgan fingerprint density at radius 2 is 1.88 bits per heavy atom. The molecule has 2 aliphatic heterocycles. The minimum absolute atomic E-state index is 0.00467. The molecule has 0 aliphatic carbocycles. The molecule has 3 aromatic rings. The predicted molar refractivity (Wildman–Crippen MR) is 155 cm³/mol. The zero-order chi connectivity index (χ0) is 28.1. The molecule has 0 saturated carbocycles. The second-order valence-electron chi connectivity index (χ2n) is 10.5. The smallest absolute Gasteiger partial charge is 0.262 e. The molecule has 1 fully saturated rings. The molecule has 4 heterocycles. The van der Waals surface area contributed by atoms with Gasteiger partial charge in [0.1, 0.15) is 18.1 Å². The summed E-state index contributed by atoms with van der Waals surface area (Å²) >= 11 is 1.76. The molecule has 0 bridgehead atoms. The summed E-state index contributed by atoms with van der Waals surface area (Å²) in [5.41, 5.74) is 4.27. The number of methoxy groups -OCH3 is 2. The van der Waals surface area contributed by atoms with Crippen LogP contribution in [0.1, 0.15) is 52.4 Å². The van der Waals surface area contributed by atoms with E-state index in [4.69, 9.17) is 18.9 Å². The Bertz CT molecular complexity index is 1260. The molecule has 3 atom stereocenters. The van der Waals surface area contributed by atoms with Crippen molar-refractivity contribution in [3.63, 3.8) is 0 Å². The topological polar surface area (TPSA) is 73.4 Å². The molecular weight excluding hydrogens is 526 g/mol. The lowest BCUT2D eigenvalue weighted by molar-refractivity contribution is -0.187. The van der Waals surface area contributed by atoms with Crippen LogP contribution in [0.3, 0.4) is 0 Å². The predicted octanol–water partition coefficient (Wildman–Crippen LogP) is 5.12. The molecule has 3 unspecified atom stereocenters. The lowest BCUT2D eigenvalue weighted by atomic mass is 9.94. The van der Waals surface area contributed by atoms with Gasteiger partial charge >= 0.3 is 0 Å². The average molecular weight is 566 g/mol. The molecule has 0 radical (unpaired) electrons. The second kappa shape index (κ2) is 13.1. The van der Waals surface area contributed by atoms with Gasteiger partial charge < -0.3 is 23.8 Å². The summed E-state index contributed by atoms with van der Waals surface area (Å²) in [6.45, 7) is 6.02. The highest BCUT2D eigenvalue weighted by Gasteiger charge is 2.34. The highest BCUT2D eigenvalue weighted by Crippen LogP contribution is 2.37. The van der Waals surface area contributed by atoms with Crippen molar-refractivity contribution in [2.45, 2.75) is 58.0 Å². The number of hydrogen-bond acceptors (Lipinski definition) is 8. The minimum Gasteiger partial charge on any atom is -0.497 e. The number of thiophene rings is 1. The first-order valence-corrected chi connectivity index (χ1v) is 14.8. The summed E-state index contributed by atoms with van der Waals surface area (Å²) in [6.07, 6.45) is 7.01. The molecule has 2 aromatic heterocycles. The summed E-state index contributed by atoms with van der Waals surface area (Å²) in [7, 11) is 3.34. The van der Waals surface area contributed by atoms with Crippen LogP contribution in [-0.4, -0.2) is 73.7 Å². The summed E-state index contributed by atoms with van der Waals surface area (Å²) in [4.78, 5) is 23.2. The first-order chi connectivity index (χ1) is 19.5. The largest absolute Gasteiger partial charge is 0.497 e. The number of likely N-dealkylation sites (tertiary alicyclic amines) is 1. The maximum Gasteiger partial charge on any atom is 0.262 e. The van der Waals surface area contributed by atoms with E-state index in [-0.39, 0.29) is 24.6 Å². The third-order valence-corrected chi connectivity index (χ3v) is 8.87. The Kier molecular flexibility index (Phi) is 9.36. The minimum atomic E-state index is -0.550. The van der Waals surface area contributed by atoms with Crippen molar-refractivity contribution in [1.82, 2.24) is 14.8 Å². The van der Waals surface area contributed by atoms with Crippen LogP contribution in [0.15, 0.2) is 48.1 Å². The van der Waals surface area contributed by atoms with Gasteiger partial charge in [0, 0.05) is 43.5 Å². The molecule has 1 aromatic carbocycles. The van der Waals surface area contributed by atoms with Crippen LogP contribution in [0.4, 0.5) is 0 Å². The van der Waals surface area contributed by atoms with Gasteiger partial charge in [0.15, 0.2) is 0 Å². The molecule has 0 N–H and O–H groups in total. The van der Waals surface area contributed by atoms with E-state index in [2.05, 4.69) is 21.3 Å². The molecule has 9 heteroatoms. The van der Waals surface area contributed by atoms with Gasteiger partial charge in [-0.15, -0.1) is 11.3 Å². The van der Waals surface area contributed by atoms with Gasteiger partial charge in [-0.05, 0) is 91.1 Å². The normalized spacial score (nSPS) is 20.1. The molecule has 40 heavy (non-hydrogen) atoms. The van der Waals surface area contributed by atoms with E-state index < -0.39 is 6.41 Å². The van der Waals surface area contributed by atoms with E-state index in [1.165, 1.54) is 10.4 Å². The maximum atomic E-state index is 13.5. The number of fused-ring (bicyclic) bond motifs is 1. The second-order valence-corrected chi connectivity index (χ2v) is 11.5. The van der Waals surface area contributed by atoms with E-state index in [0.717, 1.165) is 60.4 Å². The van der Waals surface area contributed by atoms with Crippen molar-refractivity contribution in [3.05, 3.63) is 75.2 Å². The highest BCUT2D eigenvalue weighted by molar-refractivity contribution is 7.10. The van der Waals surface area contributed by atoms with Gasteiger partial charge in [0.2, 0.25) is 5.91 Å². The van der Waals surface area contributed by atoms with Crippen molar-refractivity contribution in [2.24, 2.45) is 0 Å². The number of nitrogens with zero attached hydrogens (tertiary/aromatic N) is 3. The van der Waals surface area contributed by atoms with Gasteiger partial charge in [-0.25, -0.2) is 4.90 Å². The van der Waals surface area contributed by atoms with E-state index in [1.54, 1.807) is 38.0 Å². The van der Waals surface area contributed by atoms with Crippen LogP contribution in [0.2, 0.25) is 0 Å². The number of ether oxygens (including phenoxy) is 4. The average Bonchev–Trinajstić information content (AvgIpc) is 3.46. The number of benzene rings is 1. The van der Waals surface area contributed by atoms with Gasteiger partial charge in [0.25, 0.3) is 6.41 Å². The molecule has 5 rings (SSSR count). The Morgan fingerprint density at radius 3 is 2.60 bits per heavy atom. The SMILES string of the molecule is COc1cc(C)c(OC(OC)N2CCCCC2COCC(=O)N2CCc3sccc3C2c2ccncc2)c(C)c1. The number of rotatable bonds is 10. The summed E-state index contributed by atoms with van der Waals surface area (Å²) in [5.74, 6) is 1.61. The van der Waals surface area contributed by atoms with Crippen LogP contribution in [0, 0.1) is 13.8 Å². The Morgan fingerprint density at radius 1 is 1.10 bits per heavy atom.